The number of carbonyl (C=O) groups excluding carboxylic acids is 1. The van der Waals surface area contributed by atoms with Gasteiger partial charge in [0.05, 0.1) is 12.7 Å². The summed E-state index contributed by atoms with van der Waals surface area (Å²) in [7, 11) is 0. The van der Waals surface area contributed by atoms with Gasteiger partial charge in [-0.2, -0.15) is 0 Å². The summed E-state index contributed by atoms with van der Waals surface area (Å²) in [5, 5.41) is 1.09. The zero-order valence-electron chi connectivity index (χ0n) is 12.5. The molecule has 0 amide bonds. The van der Waals surface area contributed by atoms with E-state index in [1.54, 1.807) is 0 Å². The molecule has 114 valence electrons. The zero-order chi connectivity index (χ0) is 15.2. The molecule has 0 aliphatic heterocycles. The smallest absolute Gasteiger partial charge is 0.323 e. The summed E-state index contributed by atoms with van der Waals surface area (Å²) in [6, 6.07) is 7.27. The van der Waals surface area contributed by atoms with Gasteiger partial charge in [0.2, 0.25) is 0 Å². The van der Waals surface area contributed by atoms with Gasteiger partial charge in [0.25, 0.3) is 0 Å². The quantitative estimate of drug-likeness (QED) is 0.604. The molecular weight excluding hydrogens is 268 g/mol. The standard InChI is InChI=1S/C16H22N2O3/c1-11(2)20-7-8-21-16(19)14(17)9-12-10-18-15-6-4-3-5-13(12)15/h3-6,10-11,14,18H,7-9,17H2,1-2H3/t14-/m1/s1. The summed E-state index contributed by atoms with van der Waals surface area (Å²) in [4.78, 5) is 15.0. The second-order valence-electron chi connectivity index (χ2n) is 5.26. The Morgan fingerprint density at radius 3 is 2.81 bits per heavy atom. The van der Waals surface area contributed by atoms with Crippen LogP contribution in [-0.2, 0) is 20.7 Å². The Kier molecular flexibility index (Phi) is 5.36. The molecule has 2 aromatic rings. The van der Waals surface area contributed by atoms with Crippen molar-refractivity contribution < 1.29 is 14.3 Å². The number of nitrogens with two attached hydrogens (primary N) is 1. The highest BCUT2D eigenvalue weighted by molar-refractivity contribution is 5.84. The lowest BCUT2D eigenvalue weighted by atomic mass is 10.1. The molecule has 21 heavy (non-hydrogen) atoms. The number of fused-ring (bicyclic) bond motifs is 1. The number of esters is 1. The molecule has 1 aromatic heterocycles. The van der Waals surface area contributed by atoms with E-state index in [1.165, 1.54) is 0 Å². The molecule has 0 aliphatic carbocycles. The van der Waals surface area contributed by atoms with Gasteiger partial charge in [0.1, 0.15) is 12.6 Å². The number of hydrogen-bond acceptors (Lipinski definition) is 4. The first-order chi connectivity index (χ1) is 10.1. The second-order valence-corrected chi connectivity index (χ2v) is 5.26. The van der Waals surface area contributed by atoms with Gasteiger partial charge in [-0.1, -0.05) is 18.2 Å². The summed E-state index contributed by atoms with van der Waals surface area (Å²) in [5.41, 5.74) is 7.97. The van der Waals surface area contributed by atoms with Crippen molar-refractivity contribution in [3.63, 3.8) is 0 Å². The number of hydrogen-bond donors (Lipinski definition) is 2. The lowest BCUT2D eigenvalue weighted by molar-refractivity contribution is -0.147. The Balaban J connectivity index is 1.86. The fourth-order valence-corrected chi connectivity index (χ4v) is 2.15. The number of carbonyl (C=O) groups is 1. The molecule has 2 rings (SSSR count). The lowest BCUT2D eigenvalue weighted by Gasteiger charge is -2.12. The highest BCUT2D eigenvalue weighted by atomic mass is 16.6. The minimum absolute atomic E-state index is 0.128. The van der Waals surface area contributed by atoms with E-state index in [9.17, 15) is 4.79 Å². The van der Waals surface area contributed by atoms with Crippen molar-refractivity contribution in [3.05, 3.63) is 36.0 Å². The van der Waals surface area contributed by atoms with Crippen LogP contribution in [0.5, 0.6) is 0 Å². The molecule has 1 aromatic carbocycles. The van der Waals surface area contributed by atoms with Gasteiger partial charge < -0.3 is 20.2 Å². The predicted octanol–water partition coefficient (Wildman–Crippen LogP) is 2.01. The third-order valence-corrected chi connectivity index (χ3v) is 3.20. The van der Waals surface area contributed by atoms with Gasteiger partial charge >= 0.3 is 5.97 Å². The van der Waals surface area contributed by atoms with Crippen LogP contribution in [-0.4, -0.2) is 36.3 Å². The third-order valence-electron chi connectivity index (χ3n) is 3.20. The molecule has 0 saturated carbocycles. The minimum Gasteiger partial charge on any atom is -0.462 e. The van der Waals surface area contributed by atoms with Crippen molar-refractivity contribution in [1.29, 1.82) is 0 Å². The summed E-state index contributed by atoms with van der Waals surface area (Å²) in [6.07, 6.45) is 2.47. The lowest BCUT2D eigenvalue weighted by Crippen LogP contribution is -2.35. The van der Waals surface area contributed by atoms with Crippen LogP contribution >= 0.6 is 0 Å². The first-order valence-electron chi connectivity index (χ1n) is 7.16. The molecule has 0 saturated heterocycles. The van der Waals surface area contributed by atoms with Crippen molar-refractivity contribution >= 4 is 16.9 Å². The molecule has 0 aliphatic rings. The molecule has 1 atom stereocenters. The second kappa shape index (κ2) is 7.24. The maximum Gasteiger partial charge on any atom is 0.323 e. The van der Waals surface area contributed by atoms with Crippen molar-refractivity contribution in [2.24, 2.45) is 5.73 Å². The van der Waals surface area contributed by atoms with Crippen LogP contribution in [0.15, 0.2) is 30.5 Å². The van der Waals surface area contributed by atoms with Crippen LogP contribution in [0.1, 0.15) is 19.4 Å². The number of H-pyrrole nitrogens is 1. The van der Waals surface area contributed by atoms with Crippen LogP contribution in [0.3, 0.4) is 0 Å². The molecule has 5 heteroatoms. The van der Waals surface area contributed by atoms with Crippen molar-refractivity contribution in [3.8, 4) is 0 Å². The fraction of sp³-hybridized carbons (Fsp3) is 0.438. The van der Waals surface area contributed by atoms with Crippen LogP contribution < -0.4 is 5.73 Å². The van der Waals surface area contributed by atoms with Crippen LogP contribution in [0, 0.1) is 0 Å². The summed E-state index contributed by atoms with van der Waals surface area (Å²) in [6.45, 7) is 4.50. The maximum absolute atomic E-state index is 11.8. The van der Waals surface area contributed by atoms with E-state index in [2.05, 4.69) is 4.98 Å². The topological polar surface area (TPSA) is 77.3 Å². The monoisotopic (exact) mass is 290 g/mol. The van der Waals surface area contributed by atoms with E-state index in [0.717, 1.165) is 16.5 Å². The Hall–Kier alpha value is -1.85. The molecule has 0 fully saturated rings. The highest BCUT2D eigenvalue weighted by Crippen LogP contribution is 2.18. The van der Waals surface area contributed by atoms with E-state index < -0.39 is 12.0 Å². The fourth-order valence-electron chi connectivity index (χ4n) is 2.15. The predicted molar refractivity (Wildman–Crippen MR) is 82.0 cm³/mol. The summed E-state index contributed by atoms with van der Waals surface area (Å²) < 4.78 is 10.4. The summed E-state index contributed by atoms with van der Waals surface area (Å²) in [5.74, 6) is -0.396. The minimum atomic E-state index is -0.664. The van der Waals surface area contributed by atoms with Crippen molar-refractivity contribution in [2.45, 2.75) is 32.4 Å². The van der Waals surface area contributed by atoms with E-state index in [-0.39, 0.29) is 12.7 Å². The number of benzene rings is 1. The molecule has 5 nitrogen and oxygen atoms in total. The third kappa shape index (κ3) is 4.31. The summed E-state index contributed by atoms with van der Waals surface area (Å²) >= 11 is 0. The zero-order valence-corrected chi connectivity index (χ0v) is 12.5. The molecule has 0 unspecified atom stereocenters. The first-order valence-corrected chi connectivity index (χ1v) is 7.16. The molecular formula is C16H22N2O3. The average Bonchev–Trinajstić information content (AvgIpc) is 2.86. The van der Waals surface area contributed by atoms with Gasteiger partial charge in [-0.3, -0.25) is 4.79 Å². The number of para-hydroxylation sites is 1. The molecule has 0 spiro atoms. The Morgan fingerprint density at radius 1 is 1.29 bits per heavy atom. The van der Waals surface area contributed by atoms with E-state index >= 15 is 0 Å². The first kappa shape index (κ1) is 15.5. The largest absolute Gasteiger partial charge is 0.462 e. The molecule has 1 heterocycles. The number of rotatable bonds is 7. The number of nitrogens with one attached hydrogen (secondary N) is 1. The van der Waals surface area contributed by atoms with Crippen LogP contribution in [0.25, 0.3) is 10.9 Å². The van der Waals surface area contributed by atoms with E-state index in [0.29, 0.717) is 13.0 Å². The van der Waals surface area contributed by atoms with Gasteiger partial charge in [-0.15, -0.1) is 0 Å². The maximum atomic E-state index is 11.8. The Bertz CT molecular complexity index is 592. The molecule has 3 N–H and O–H groups in total. The SMILES string of the molecule is CC(C)OCCOC(=O)[C@H](N)Cc1c[nH]c2ccccc12. The van der Waals surface area contributed by atoms with Gasteiger partial charge in [0, 0.05) is 23.5 Å². The van der Waals surface area contributed by atoms with Crippen LogP contribution in [0.4, 0.5) is 0 Å². The molecule has 0 bridgehead atoms. The van der Waals surface area contributed by atoms with Gasteiger partial charge in [-0.25, -0.2) is 0 Å². The average molecular weight is 290 g/mol. The molecule has 0 radical (unpaired) electrons. The Morgan fingerprint density at radius 2 is 2.05 bits per heavy atom. The van der Waals surface area contributed by atoms with Gasteiger partial charge in [0.15, 0.2) is 0 Å². The van der Waals surface area contributed by atoms with Crippen molar-refractivity contribution in [2.75, 3.05) is 13.2 Å². The van der Waals surface area contributed by atoms with Crippen molar-refractivity contribution in [1.82, 2.24) is 4.98 Å². The number of ether oxygens (including phenoxy) is 2. The number of aromatic nitrogens is 1. The van der Waals surface area contributed by atoms with E-state index in [1.807, 2.05) is 44.3 Å². The highest BCUT2D eigenvalue weighted by Gasteiger charge is 2.17. The Labute approximate surface area is 124 Å². The van der Waals surface area contributed by atoms with Gasteiger partial charge in [-0.05, 0) is 25.5 Å². The van der Waals surface area contributed by atoms with Crippen LogP contribution in [0.2, 0.25) is 0 Å². The number of aromatic amines is 1. The van der Waals surface area contributed by atoms with E-state index in [4.69, 9.17) is 15.2 Å². The normalized spacial score (nSPS) is 12.8.